The van der Waals surface area contributed by atoms with Crippen LogP contribution >= 0.6 is 23.2 Å². The molecule has 43 heavy (non-hydrogen) atoms. The molecule has 10 heteroatoms. The van der Waals surface area contributed by atoms with E-state index in [9.17, 15) is 9.59 Å². The Morgan fingerprint density at radius 2 is 1.63 bits per heavy atom. The third-order valence-electron chi connectivity index (χ3n) is 7.86. The number of benzene rings is 2. The first-order chi connectivity index (χ1) is 20.7. The molecular formula is C33H29Cl2N5O3. The second-order valence-electron chi connectivity index (χ2n) is 10.6. The number of likely N-dealkylation sites (N-methyl/N-ethyl adjacent to an activating group) is 1. The molecule has 8 nitrogen and oxygen atoms in total. The van der Waals surface area contributed by atoms with Gasteiger partial charge in [-0.05, 0) is 43.5 Å². The highest BCUT2D eigenvalue weighted by Gasteiger charge is 2.49. The van der Waals surface area contributed by atoms with Crippen LogP contribution < -0.4 is 20.9 Å². The molecule has 6 rings (SSSR count). The van der Waals surface area contributed by atoms with Crippen molar-refractivity contribution < 1.29 is 9.53 Å². The summed E-state index contributed by atoms with van der Waals surface area (Å²) in [6, 6.07) is 20.6. The number of rotatable bonds is 8. The molecule has 0 aliphatic heterocycles. The summed E-state index contributed by atoms with van der Waals surface area (Å²) in [4.78, 5) is 34.5. The molecule has 0 atom stereocenters. The number of hydrogen-bond donors (Lipinski definition) is 2. The van der Waals surface area contributed by atoms with Crippen molar-refractivity contribution >= 4 is 34.8 Å². The Kier molecular flexibility index (Phi) is 7.68. The molecule has 0 unspecified atom stereocenters. The van der Waals surface area contributed by atoms with Crippen molar-refractivity contribution in [2.45, 2.75) is 31.8 Å². The minimum Gasteiger partial charge on any atom is -0.481 e. The van der Waals surface area contributed by atoms with Gasteiger partial charge in [-0.3, -0.25) is 19.3 Å². The van der Waals surface area contributed by atoms with Gasteiger partial charge in [0.25, 0.3) is 5.56 Å². The summed E-state index contributed by atoms with van der Waals surface area (Å²) in [5.74, 6) is 0.489. The van der Waals surface area contributed by atoms with E-state index < -0.39 is 5.54 Å². The zero-order chi connectivity index (χ0) is 30.3. The number of nitrogens with zero attached hydrogens (tertiary/aromatic N) is 3. The molecule has 3 heterocycles. The lowest BCUT2D eigenvalue weighted by atomic mass is 9.97. The molecular weight excluding hydrogens is 585 g/mol. The van der Waals surface area contributed by atoms with E-state index in [1.807, 2.05) is 67.6 Å². The van der Waals surface area contributed by atoms with Gasteiger partial charge < -0.3 is 10.1 Å². The highest BCUT2D eigenvalue weighted by atomic mass is 35.5. The van der Waals surface area contributed by atoms with E-state index in [1.165, 1.54) is 10.5 Å². The van der Waals surface area contributed by atoms with Crippen molar-refractivity contribution in [2.24, 2.45) is 0 Å². The monoisotopic (exact) mass is 613 g/mol. The lowest BCUT2D eigenvalue weighted by Gasteiger charge is -2.16. The first-order valence-electron chi connectivity index (χ1n) is 13.8. The van der Waals surface area contributed by atoms with Crippen molar-refractivity contribution in [3.63, 3.8) is 0 Å². The van der Waals surface area contributed by atoms with Crippen LogP contribution in [0.25, 0.3) is 39.2 Å². The molecule has 0 spiro atoms. The molecule has 1 aliphatic rings. The van der Waals surface area contributed by atoms with Crippen LogP contribution in [-0.4, -0.2) is 40.0 Å². The molecule has 1 saturated carbocycles. The molecule has 1 amide bonds. The lowest BCUT2D eigenvalue weighted by molar-refractivity contribution is -0.123. The predicted octanol–water partition coefficient (Wildman–Crippen LogP) is 6.08. The van der Waals surface area contributed by atoms with E-state index in [-0.39, 0.29) is 11.5 Å². The number of ether oxygens (including phenoxy) is 1. The van der Waals surface area contributed by atoms with Gasteiger partial charge in [0.1, 0.15) is 5.65 Å². The Balaban J connectivity index is 1.36. The molecule has 2 N–H and O–H groups in total. The van der Waals surface area contributed by atoms with E-state index in [1.54, 1.807) is 20.4 Å². The summed E-state index contributed by atoms with van der Waals surface area (Å²) in [6.45, 7) is 2.24. The van der Waals surface area contributed by atoms with E-state index in [2.05, 4.69) is 15.6 Å². The predicted molar refractivity (Wildman–Crippen MR) is 170 cm³/mol. The third kappa shape index (κ3) is 5.38. The minimum atomic E-state index is -0.586. The van der Waals surface area contributed by atoms with E-state index in [0.717, 1.165) is 46.2 Å². The number of pyridine rings is 2. The van der Waals surface area contributed by atoms with Gasteiger partial charge in [0.2, 0.25) is 11.8 Å². The zero-order valence-electron chi connectivity index (χ0n) is 23.9. The van der Waals surface area contributed by atoms with Gasteiger partial charge in [-0.25, -0.2) is 9.97 Å². The second kappa shape index (κ2) is 11.4. The maximum atomic E-state index is 12.9. The Bertz CT molecular complexity index is 1950. The maximum Gasteiger partial charge on any atom is 0.258 e. The van der Waals surface area contributed by atoms with Crippen LogP contribution in [0.5, 0.6) is 5.88 Å². The summed E-state index contributed by atoms with van der Waals surface area (Å²) in [5, 5.41) is 7.01. The molecule has 0 saturated heterocycles. The summed E-state index contributed by atoms with van der Waals surface area (Å²) in [5.41, 5.74) is 5.73. The molecule has 2 aromatic carbocycles. The van der Waals surface area contributed by atoms with Crippen LogP contribution in [0.15, 0.2) is 77.7 Å². The first-order valence-corrected chi connectivity index (χ1v) is 14.6. The van der Waals surface area contributed by atoms with Gasteiger partial charge in [-0.15, -0.1) is 0 Å². The highest BCUT2D eigenvalue weighted by molar-refractivity contribution is 6.39. The number of nitrogens with one attached hydrogen (secondary N) is 2. The average molecular weight is 615 g/mol. The van der Waals surface area contributed by atoms with Crippen molar-refractivity contribution in [1.82, 2.24) is 25.0 Å². The van der Waals surface area contributed by atoms with Gasteiger partial charge in [-0.2, -0.15) is 0 Å². The number of halogens is 2. The average Bonchev–Trinajstić information content (AvgIpc) is 3.81. The van der Waals surface area contributed by atoms with Gasteiger partial charge in [-0.1, -0.05) is 65.7 Å². The third-order valence-corrected chi connectivity index (χ3v) is 8.67. The molecule has 5 aromatic rings. The Labute approximate surface area is 258 Å². The van der Waals surface area contributed by atoms with Gasteiger partial charge in [0, 0.05) is 53.7 Å². The van der Waals surface area contributed by atoms with Gasteiger partial charge in [0.15, 0.2) is 0 Å². The van der Waals surface area contributed by atoms with Crippen molar-refractivity contribution in [3.8, 4) is 39.4 Å². The van der Waals surface area contributed by atoms with Crippen LogP contribution in [0.2, 0.25) is 10.0 Å². The number of hydrogen-bond acceptors (Lipinski definition) is 6. The summed E-state index contributed by atoms with van der Waals surface area (Å²) < 4.78 is 6.90. The smallest absolute Gasteiger partial charge is 0.258 e. The van der Waals surface area contributed by atoms with Crippen LogP contribution in [0, 0.1) is 6.92 Å². The largest absolute Gasteiger partial charge is 0.481 e. The van der Waals surface area contributed by atoms with Gasteiger partial charge in [0.05, 0.1) is 34.1 Å². The topological polar surface area (TPSA) is 97.6 Å². The standard InChI is InChI=1S/C33H29Cl2N5O3/c1-19-10-11-26(39-31(19)43-3)25-9-5-8-24(30(25)35)23-7-4-6-22(29(23)34)20-12-15-40-27(16-20)38-21(17-28(40)41)18-37-33(13-14-33)32(42)36-2/h4-12,15-17,37H,13-14,18H2,1-3H3,(H,36,42). The zero-order valence-corrected chi connectivity index (χ0v) is 25.4. The molecule has 1 fully saturated rings. The molecule has 1 aliphatic carbocycles. The quantitative estimate of drug-likeness (QED) is 0.220. The number of aryl methyl sites for hydroxylation is 1. The second-order valence-corrected chi connectivity index (χ2v) is 11.4. The van der Waals surface area contributed by atoms with Crippen molar-refractivity contribution in [1.29, 1.82) is 0 Å². The van der Waals surface area contributed by atoms with E-state index in [4.69, 9.17) is 32.9 Å². The van der Waals surface area contributed by atoms with Crippen molar-refractivity contribution in [3.05, 3.63) is 105 Å². The van der Waals surface area contributed by atoms with Crippen LogP contribution in [0.4, 0.5) is 0 Å². The van der Waals surface area contributed by atoms with Crippen LogP contribution in [-0.2, 0) is 11.3 Å². The Hall–Kier alpha value is -4.24. The Morgan fingerprint density at radius 3 is 2.30 bits per heavy atom. The summed E-state index contributed by atoms with van der Waals surface area (Å²) in [6.07, 6.45) is 3.19. The summed E-state index contributed by atoms with van der Waals surface area (Å²) in [7, 11) is 3.21. The fraction of sp³-hybridized carbons (Fsp3) is 0.212. The van der Waals surface area contributed by atoms with Crippen LogP contribution in [0.3, 0.4) is 0 Å². The Morgan fingerprint density at radius 1 is 0.953 bits per heavy atom. The number of amides is 1. The van der Waals surface area contributed by atoms with E-state index in [0.29, 0.717) is 39.5 Å². The van der Waals surface area contributed by atoms with Crippen LogP contribution in [0.1, 0.15) is 24.1 Å². The number of aromatic nitrogens is 3. The molecule has 218 valence electrons. The molecule has 0 bridgehead atoms. The fourth-order valence-corrected chi connectivity index (χ4v) is 5.95. The minimum absolute atomic E-state index is 0.0534. The fourth-order valence-electron chi connectivity index (χ4n) is 5.29. The maximum absolute atomic E-state index is 12.9. The van der Waals surface area contributed by atoms with E-state index >= 15 is 0 Å². The van der Waals surface area contributed by atoms with Crippen molar-refractivity contribution in [2.75, 3.05) is 14.2 Å². The molecule has 0 radical (unpaired) electrons. The highest BCUT2D eigenvalue weighted by Crippen LogP contribution is 2.42. The summed E-state index contributed by atoms with van der Waals surface area (Å²) >= 11 is 14.0. The first kappa shape index (κ1) is 28.9. The number of carbonyl (C=O) groups excluding carboxylic acids is 1. The van der Waals surface area contributed by atoms with Gasteiger partial charge >= 0.3 is 0 Å². The SMILES string of the molecule is CNC(=O)C1(NCc2cc(=O)n3ccc(-c4cccc(-c5cccc(-c6ccc(C)c(OC)n6)c5Cl)c4Cl)cc3n2)CC1. The number of methoxy groups -OCH3 is 1. The number of fused-ring (bicyclic) bond motifs is 1. The normalized spacial score (nSPS) is 13.6. The molecule has 3 aromatic heterocycles. The lowest BCUT2D eigenvalue weighted by Crippen LogP contribution is -2.45. The number of carbonyl (C=O) groups is 1.